The summed E-state index contributed by atoms with van der Waals surface area (Å²) < 4.78 is 14.6. The van der Waals surface area contributed by atoms with E-state index < -0.39 is 0 Å². The van der Waals surface area contributed by atoms with Crippen molar-refractivity contribution in [2.75, 3.05) is 0 Å². The van der Waals surface area contributed by atoms with Gasteiger partial charge in [0.1, 0.15) is 12.1 Å². The van der Waals surface area contributed by atoms with Crippen molar-refractivity contribution in [1.29, 1.82) is 0 Å². The maximum absolute atomic E-state index is 12.9. The summed E-state index contributed by atoms with van der Waals surface area (Å²) in [5.74, 6) is 0.474. The molecule has 3 aromatic rings. The Morgan fingerprint density at radius 3 is 2.33 bits per heavy atom. The van der Waals surface area contributed by atoms with Crippen molar-refractivity contribution in [2.24, 2.45) is 0 Å². The molecule has 0 spiro atoms. The fraction of sp³-hybridized carbons (Fsp3) is 0. The smallest absolute Gasteiger partial charge is 0.163 e. The molecule has 0 saturated carbocycles. The minimum atomic E-state index is -0.264. The first kappa shape index (κ1) is 10.7. The predicted octanol–water partition coefficient (Wildman–Crippen LogP) is 3.07. The molecule has 88 valence electrons. The van der Waals surface area contributed by atoms with Gasteiger partial charge < -0.3 is 0 Å². The summed E-state index contributed by atoms with van der Waals surface area (Å²) in [6.45, 7) is 0. The van der Waals surface area contributed by atoms with E-state index in [2.05, 4.69) is 10.1 Å². The SMILES string of the molecule is Fc1ccc(-n2ncnc2-c2ccccc2)cc1. The Bertz CT molecular complexity index is 644. The van der Waals surface area contributed by atoms with Crippen molar-refractivity contribution in [1.82, 2.24) is 14.8 Å². The van der Waals surface area contributed by atoms with Gasteiger partial charge in [0.2, 0.25) is 0 Å². The Labute approximate surface area is 104 Å². The highest BCUT2D eigenvalue weighted by Gasteiger charge is 2.08. The molecule has 0 atom stereocenters. The average molecular weight is 239 g/mol. The van der Waals surface area contributed by atoms with Crippen LogP contribution in [-0.2, 0) is 0 Å². The van der Waals surface area contributed by atoms with Crippen molar-refractivity contribution in [3.8, 4) is 17.1 Å². The lowest BCUT2D eigenvalue weighted by Crippen LogP contribution is -1.99. The summed E-state index contributed by atoms with van der Waals surface area (Å²) in [6, 6.07) is 15.9. The van der Waals surface area contributed by atoms with Gasteiger partial charge in [0, 0.05) is 5.56 Å². The molecule has 0 aliphatic carbocycles. The van der Waals surface area contributed by atoms with Crippen LogP contribution in [0.4, 0.5) is 4.39 Å². The quantitative estimate of drug-likeness (QED) is 0.688. The van der Waals surface area contributed by atoms with Gasteiger partial charge in [-0.05, 0) is 24.3 Å². The summed E-state index contributed by atoms with van der Waals surface area (Å²) in [6.07, 6.45) is 1.49. The maximum atomic E-state index is 12.9. The van der Waals surface area contributed by atoms with Crippen LogP contribution in [0.15, 0.2) is 60.9 Å². The van der Waals surface area contributed by atoms with Crippen molar-refractivity contribution in [3.05, 3.63) is 66.7 Å². The van der Waals surface area contributed by atoms with Crippen molar-refractivity contribution >= 4 is 0 Å². The standard InChI is InChI=1S/C14H10FN3/c15-12-6-8-13(9-7-12)18-14(16-10-17-18)11-4-2-1-3-5-11/h1-10H. The monoisotopic (exact) mass is 239 g/mol. The summed E-state index contributed by atoms with van der Waals surface area (Å²) in [5, 5.41) is 4.18. The van der Waals surface area contributed by atoms with E-state index in [1.807, 2.05) is 30.3 Å². The predicted molar refractivity (Wildman–Crippen MR) is 66.8 cm³/mol. The normalized spacial score (nSPS) is 10.5. The van der Waals surface area contributed by atoms with Crippen LogP contribution >= 0.6 is 0 Å². The lowest BCUT2D eigenvalue weighted by molar-refractivity contribution is 0.627. The highest BCUT2D eigenvalue weighted by molar-refractivity contribution is 5.57. The molecule has 0 saturated heterocycles. The summed E-state index contributed by atoms with van der Waals surface area (Å²) in [7, 11) is 0. The molecule has 0 radical (unpaired) electrons. The van der Waals surface area contributed by atoms with Crippen molar-refractivity contribution in [3.63, 3.8) is 0 Å². The molecule has 0 aliphatic heterocycles. The first-order chi connectivity index (χ1) is 8.84. The zero-order valence-corrected chi connectivity index (χ0v) is 9.49. The lowest BCUT2D eigenvalue weighted by Gasteiger charge is -2.05. The molecular formula is C14H10FN3. The molecule has 0 fully saturated rings. The van der Waals surface area contributed by atoms with Crippen LogP contribution in [0.3, 0.4) is 0 Å². The van der Waals surface area contributed by atoms with Gasteiger partial charge in [0.15, 0.2) is 5.82 Å². The Kier molecular flexibility index (Phi) is 2.61. The molecule has 1 heterocycles. The third kappa shape index (κ3) is 1.88. The van der Waals surface area contributed by atoms with E-state index in [0.717, 1.165) is 17.1 Å². The van der Waals surface area contributed by atoms with Crippen molar-refractivity contribution in [2.45, 2.75) is 0 Å². The number of hydrogen-bond acceptors (Lipinski definition) is 2. The molecule has 0 bridgehead atoms. The second-order valence-corrected chi connectivity index (χ2v) is 3.84. The minimum absolute atomic E-state index is 0.264. The van der Waals surface area contributed by atoms with E-state index in [1.54, 1.807) is 16.8 Å². The van der Waals surface area contributed by atoms with Gasteiger partial charge in [-0.15, -0.1) is 0 Å². The van der Waals surface area contributed by atoms with Gasteiger partial charge >= 0.3 is 0 Å². The van der Waals surface area contributed by atoms with Gasteiger partial charge in [0.25, 0.3) is 0 Å². The number of hydrogen-bond donors (Lipinski definition) is 0. The molecule has 0 unspecified atom stereocenters. The van der Waals surface area contributed by atoms with Crippen LogP contribution in [0.5, 0.6) is 0 Å². The molecule has 0 N–H and O–H groups in total. The molecule has 0 aliphatic rings. The second-order valence-electron chi connectivity index (χ2n) is 3.84. The lowest BCUT2D eigenvalue weighted by atomic mass is 10.2. The van der Waals surface area contributed by atoms with E-state index in [-0.39, 0.29) is 5.82 Å². The highest BCUT2D eigenvalue weighted by Crippen LogP contribution is 2.19. The van der Waals surface area contributed by atoms with Crippen molar-refractivity contribution < 1.29 is 4.39 Å². The average Bonchev–Trinajstić information content (AvgIpc) is 2.90. The van der Waals surface area contributed by atoms with Crippen LogP contribution in [-0.4, -0.2) is 14.8 Å². The van der Waals surface area contributed by atoms with Crippen LogP contribution in [0.25, 0.3) is 17.1 Å². The summed E-state index contributed by atoms with van der Waals surface area (Å²) >= 11 is 0. The number of nitrogens with zero attached hydrogens (tertiary/aromatic N) is 3. The number of halogens is 1. The summed E-state index contributed by atoms with van der Waals surface area (Å²) in [5.41, 5.74) is 1.76. The van der Waals surface area contributed by atoms with E-state index in [0.29, 0.717) is 0 Å². The third-order valence-electron chi connectivity index (χ3n) is 2.65. The molecule has 0 amide bonds. The van der Waals surface area contributed by atoms with Gasteiger partial charge in [-0.25, -0.2) is 14.1 Å². The number of benzene rings is 2. The fourth-order valence-corrected chi connectivity index (χ4v) is 1.80. The molecule has 1 aromatic heterocycles. The highest BCUT2D eigenvalue weighted by atomic mass is 19.1. The van der Waals surface area contributed by atoms with Gasteiger partial charge in [-0.2, -0.15) is 5.10 Å². The van der Waals surface area contributed by atoms with E-state index >= 15 is 0 Å². The van der Waals surface area contributed by atoms with E-state index in [9.17, 15) is 4.39 Å². The third-order valence-corrected chi connectivity index (χ3v) is 2.65. The molecular weight excluding hydrogens is 229 g/mol. The van der Waals surface area contributed by atoms with E-state index in [1.165, 1.54) is 18.5 Å². The van der Waals surface area contributed by atoms with E-state index in [4.69, 9.17) is 0 Å². The first-order valence-corrected chi connectivity index (χ1v) is 5.56. The van der Waals surface area contributed by atoms with Gasteiger partial charge in [-0.3, -0.25) is 0 Å². The molecule has 4 heteroatoms. The van der Waals surface area contributed by atoms with Crippen LogP contribution < -0.4 is 0 Å². The molecule has 3 rings (SSSR count). The Morgan fingerprint density at radius 1 is 0.889 bits per heavy atom. The van der Waals surface area contributed by atoms with Gasteiger partial charge in [0.05, 0.1) is 5.69 Å². The number of aromatic nitrogens is 3. The molecule has 3 nitrogen and oxygen atoms in total. The van der Waals surface area contributed by atoms with Crippen LogP contribution in [0.2, 0.25) is 0 Å². The molecule has 18 heavy (non-hydrogen) atoms. The Morgan fingerprint density at radius 2 is 1.61 bits per heavy atom. The topological polar surface area (TPSA) is 30.7 Å². The van der Waals surface area contributed by atoms with Gasteiger partial charge in [-0.1, -0.05) is 30.3 Å². The largest absolute Gasteiger partial charge is 0.215 e. The molecule has 2 aromatic carbocycles. The fourth-order valence-electron chi connectivity index (χ4n) is 1.80. The number of rotatable bonds is 2. The Balaban J connectivity index is 2.10. The zero-order valence-electron chi connectivity index (χ0n) is 9.49. The second kappa shape index (κ2) is 4.41. The first-order valence-electron chi connectivity index (χ1n) is 5.56. The zero-order chi connectivity index (χ0) is 12.4. The maximum Gasteiger partial charge on any atom is 0.163 e. The Hall–Kier alpha value is -2.49. The summed E-state index contributed by atoms with van der Waals surface area (Å²) in [4.78, 5) is 4.24. The minimum Gasteiger partial charge on any atom is -0.215 e. The van der Waals surface area contributed by atoms with Crippen LogP contribution in [0.1, 0.15) is 0 Å². The van der Waals surface area contributed by atoms with Crippen LogP contribution in [0, 0.1) is 5.82 Å².